The normalized spacial score (nSPS) is 20.2. The average Bonchev–Trinajstić information content (AvgIpc) is 2.30. The van der Waals surface area contributed by atoms with Gasteiger partial charge in [0.2, 0.25) is 0 Å². The highest BCUT2D eigenvalue weighted by atomic mass is 16.5. The number of hydrogen-bond donors (Lipinski definition) is 1. The van der Waals surface area contributed by atoms with Crippen molar-refractivity contribution in [1.29, 1.82) is 0 Å². The van der Waals surface area contributed by atoms with Gasteiger partial charge in [0.05, 0.1) is 12.5 Å². The van der Waals surface area contributed by atoms with E-state index in [0.29, 0.717) is 12.5 Å². The maximum Gasteiger partial charge on any atom is 0.309 e. The zero-order chi connectivity index (χ0) is 12.7. The number of esters is 1. The zero-order valence-corrected chi connectivity index (χ0v) is 11.4. The predicted molar refractivity (Wildman–Crippen MR) is 68.9 cm³/mol. The molecule has 0 aliphatic carbocycles. The van der Waals surface area contributed by atoms with E-state index in [9.17, 15) is 4.79 Å². The minimum atomic E-state index is -0.00424. The highest BCUT2D eigenvalue weighted by molar-refractivity contribution is 5.72. The second kappa shape index (κ2) is 7.67. The van der Waals surface area contributed by atoms with Crippen LogP contribution in [0.2, 0.25) is 0 Å². The van der Waals surface area contributed by atoms with Gasteiger partial charge in [0, 0.05) is 6.54 Å². The van der Waals surface area contributed by atoms with Crippen LogP contribution in [0.15, 0.2) is 0 Å². The zero-order valence-electron chi connectivity index (χ0n) is 11.4. The fourth-order valence-corrected chi connectivity index (χ4v) is 2.47. The molecule has 1 saturated heterocycles. The molecule has 4 nitrogen and oxygen atoms in total. The molecule has 0 radical (unpaired) electrons. The van der Waals surface area contributed by atoms with Gasteiger partial charge in [0.15, 0.2) is 0 Å². The Morgan fingerprint density at radius 3 is 2.65 bits per heavy atom. The predicted octanol–water partition coefficient (Wildman–Crippen LogP) is 1.12. The molecule has 0 amide bonds. The van der Waals surface area contributed by atoms with Crippen molar-refractivity contribution in [3.8, 4) is 0 Å². The highest BCUT2D eigenvalue weighted by Crippen LogP contribution is 2.19. The lowest BCUT2D eigenvalue weighted by Crippen LogP contribution is -2.40. The Kier molecular flexibility index (Phi) is 6.52. The molecule has 1 atom stereocenters. The fraction of sp³-hybridized carbons (Fsp3) is 0.923. The summed E-state index contributed by atoms with van der Waals surface area (Å²) in [4.78, 5) is 14.0. The maximum absolute atomic E-state index is 11.6. The van der Waals surface area contributed by atoms with Crippen molar-refractivity contribution in [2.24, 2.45) is 11.8 Å². The van der Waals surface area contributed by atoms with Gasteiger partial charge in [-0.05, 0) is 52.4 Å². The molecule has 0 bridgehead atoms. The number of hydrogen-bond acceptors (Lipinski definition) is 4. The third-order valence-electron chi connectivity index (χ3n) is 3.33. The highest BCUT2D eigenvalue weighted by Gasteiger charge is 2.26. The molecule has 1 aliphatic rings. The second-order valence-corrected chi connectivity index (χ2v) is 4.99. The minimum absolute atomic E-state index is 0.00424. The van der Waals surface area contributed by atoms with Crippen molar-refractivity contribution < 1.29 is 9.53 Å². The Morgan fingerprint density at radius 2 is 2.12 bits per heavy atom. The third kappa shape index (κ3) is 5.04. The van der Waals surface area contributed by atoms with E-state index < -0.39 is 0 Å². The maximum atomic E-state index is 11.6. The van der Waals surface area contributed by atoms with E-state index in [-0.39, 0.29) is 11.9 Å². The van der Waals surface area contributed by atoms with Crippen LogP contribution < -0.4 is 5.32 Å². The number of rotatable bonds is 6. The Balaban J connectivity index is 2.23. The number of carbonyl (C=O) groups excluding carboxylic acids is 1. The molecule has 1 rings (SSSR count). The number of nitrogens with zero attached hydrogens (tertiary/aromatic N) is 1. The molecule has 17 heavy (non-hydrogen) atoms. The minimum Gasteiger partial charge on any atom is -0.466 e. The molecule has 4 heteroatoms. The van der Waals surface area contributed by atoms with Gasteiger partial charge in [-0.15, -0.1) is 0 Å². The van der Waals surface area contributed by atoms with E-state index in [0.717, 1.165) is 39.0 Å². The monoisotopic (exact) mass is 242 g/mol. The standard InChI is InChI=1S/C13H26N2O2/c1-4-17-13(16)12-5-7-15(8-6-12)10-11(2)9-14-3/h11-12,14H,4-10H2,1-3H3. The number of ether oxygens (including phenoxy) is 1. The lowest BCUT2D eigenvalue weighted by molar-refractivity contribution is -0.149. The van der Waals surface area contributed by atoms with Crippen LogP contribution in [0, 0.1) is 11.8 Å². The van der Waals surface area contributed by atoms with Crippen molar-refractivity contribution in [3.63, 3.8) is 0 Å². The summed E-state index contributed by atoms with van der Waals surface area (Å²) in [6.07, 6.45) is 1.90. The lowest BCUT2D eigenvalue weighted by atomic mass is 9.96. The van der Waals surface area contributed by atoms with E-state index >= 15 is 0 Å². The van der Waals surface area contributed by atoms with Crippen LogP contribution in [-0.4, -0.2) is 50.7 Å². The Hall–Kier alpha value is -0.610. The number of nitrogens with one attached hydrogen (secondary N) is 1. The van der Waals surface area contributed by atoms with Crippen LogP contribution in [-0.2, 0) is 9.53 Å². The van der Waals surface area contributed by atoms with Crippen molar-refractivity contribution in [1.82, 2.24) is 10.2 Å². The smallest absolute Gasteiger partial charge is 0.309 e. The first kappa shape index (κ1) is 14.5. The third-order valence-corrected chi connectivity index (χ3v) is 3.33. The summed E-state index contributed by atoms with van der Waals surface area (Å²) < 4.78 is 5.07. The fourth-order valence-electron chi connectivity index (χ4n) is 2.47. The van der Waals surface area contributed by atoms with Crippen molar-refractivity contribution in [3.05, 3.63) is 0 Å². The van der Waals surface area contributed by atoms with E-state index in [1.165, 1.54) is 0 Å². The summed E-state index contributed by atoms with van der Waals surface area (Å²) in [7, 11) is 1.99. The molecule has 0 aromatic rings. The summed E-state index contributed by atoms with van der Waals surface area (Å²) in [5, 5.41) is 3.20. The Bertz CT molecular complexity index is 225. The van der Waals surface area contributed by atoms with Crippen molar-refractivity contribution in [2.45, 2.75) is 26.7 Å². The van der Waals surface area contributed by atoms with Crippen molar-refractivity contribution >= 4 is 5.97 Å². The number of carbonyl (C=O) groups is 1. The molecule has 0 aromatic carbocycles. The topological polar surface area (TPSA) is 41.6 Å². The first-order chi connectivity index (χ1) is 8.17. The van der Waals surface area contributed by atoms with Crippen LogP contribution in [0.4, 0.5) is 0 Å². The summed E-state index contributed by atoms with van der Waals surface area (Å²) >= 11 is 0. The molecule has 100 valence electrons. The number of piperidine rings is 1. The first-order valence-corrected chi connectivity index (χ1v) is 6.71. The molecule has 1 aliphatic heterocycles. The molecule has 0 spiro atoms. The largest absolute Gasteiger partial charge is 0.466 e. The number of likely N-dealkylation sites (tertiary alicyclic amines) is 1. The van der Waals surface area contributed by atoms with Gasteiger partial charge in [-0.1, -0.05) is 6.92 Å². The van der Waals surface area contributed by atoms with Crippen LogP contribution in [0.3, 0.4) is 0 Å². The van der Waals surface area contributed by atoms with Crippen molar-refractivity contribution in [2.75, 3.05) is 39.8 Å². The van der Waals surface area contributed by atoms with Crippen LogP contribution >= 0.6 is 0 Å². The Morgan fingerprint density at radius 1 is 1.47 bits per heavy atom. The van der Waals surface area contributed by atoms with Gasteiger partial charge in [-0.2, -0.15) is 0 Å². The van der Waals surface area contributed by atoms with E-state index in [2.05, 4.69) is 17.1 Å². The first-order valence-electron chi connectivity index (χ1n) is 6.71. The lowest BCUT2D eigenvalue weighted by Gasteiger charge is -2.32. The molecule has 1 heterocycles. The van der Waals surface area contributed by atoms with Crippen LogP contribution in [0.1, 0.15) is 26.7 Å². The molecular weight excluding hydrogens is 216 g/mol. The molecule has 1 unspecified atom stereocenters. The summed E-state index contributed by atoms with van der Waals surface area (Å²) in [6.45, 7) is 8.85. The second-order valence-electron chi connectivity index (χ2n) is 4.99. The molecule has 1 fully saturated rings. The Labute approximate surface area is 105 Å². The van der Waals surface area contributed by atoms with Gasteiger partial charge in [0.1, 0.15) is 0 Å². The molecule has 0 aromatic heterocycles. The van der Waals surface area contributed by atoms with Gasteiger partial charge in [-0.25, -0.2) is 0 Å². The van der Waals surface area contributed by atoms with E-state index in [1.54, 1.807) is 0 Å². The average molecular weight is 242 g/mol. The SMILES string of the molecule is CCOC(=O)C1CCN(CC(C)CNC)CC1. The summed E-state index contributed by atoms with van der Waals surface area (Å²) in [5.41, 5.74) is 0. The van der Waals surface area contributed by atoms with Crippen LogP contribution in [0.5, 0.6) is 0 Å². The van der Waals surface area contributed by atoms with Gasteiger partial charge < -0.3 is 15.0 Å². The quantitative estimate of drug-likeness (QED) is 0.709. The van der Waals surface area contributed by atoms with Gasteiger partial charge >= 0.3 is 5.97 Å². The molecule has 1 N–H and O–H groups in total. The van der Waals surface area contributed by atoms with E-state index in [4.69, 9.17) is 4.74 Å². The molecule has 0 saturated carbocycles. The summed E-state index contributed by atoms with van der Waals surface area (Å²) in [6, 6.07) is 0. The van der Waals surface area contributed by atoms with Gasteiger partial charge in [-0.3, -0.25) is 4.79 Å². The molecular formula is C13H26N2O2. The summed E-state index contributed by atoms with van der Waals surface area (Å²) in [5.74, 6) is 0.792. The van der Waals surface area contributed by atoms with Crippen LogP contribution in [0.25, 0.3) is 0 Å². The van der Waals surface area contributed by atoms with E-state index in [1.807, 2.05) is 14.0 Å². The van der Waals surface area contributed by atoms with Gasteiger partial charge in [0.25, 0.3) is 0 Å².